The minimum Gasteiger partial charge on any atom is -0.384 e. The molecule has 0 saturated carbocycles. The first-order valence-corrected chi connectivity index (χ1v) is 13.2. The molecular formula is C26H32N8OS. The Kier molecular flexibility index (Phi) is 6.83. The number of aliphatic hydroxyl groups is 1. The van der Waals surface area contributed by atoms with Crippen LogP contribution in [0.4, 0.5) is 17.6 Å². The quantitative estimate of drug-likeness (QED) is 0.380. The minimum absolute atomic E-state index is 0.609. The summed E-state index contributed by atoms with van der Waals surface area (Å²) in [7, 11) is 2.14. The second-order valence-electron chi connectivity index (χ2n) is 9.33. The lowest BCUT2D eigenvalue weighted by atomic mass is 9.92. The second-order valence-corrected chi connectivity index (χ2v) is 10.4. The molecule has 0 atom stereocenters. The van der Waals surface area contributed by atoms with Crippen molar-refractivity contribution in [3.8, 4) is 10.6 Å². The molecule has 1 fully saturated rings. The van der Waals surface area contributed by atoms with Gasteiger partial charge in [0.15, 0.2) is 0 Å². The van der Waals surface area contributed by atoms with Gasteiger partial charge in [-0.2, -0.15) is 4.98 Å². The number of piperazine rings is 1. The molecule has 0 aromatic carbocycles. The minimum atomic E-state index is -0.927. The Bertz CT molecular complexity index is 1360. The lowest BCUT2D eigenvalue weighted by Crippen LogP contribution is -2.45. The van der Waals surface area contributed by atoms with Crippen molar-refractivity contribution in [1.29, 1.82) is 0 Å². The summed E-state index contributed by atoms with van der Waals surface area (Å²) in [6.45, 7) is 9.76. The van der Waals surface area contributed by atoms with E-state index < -0.39 is 5.60 Å². The normalized spacial score (nSPS) is 15.0. The average molecular weight is 505 g/mol. The highest BCUT2D eigenvalue weighted by molar-refractivity contribution is 7.21. The first kappa shape index (κ1) is 24.5. The predicted molar refractivity (Wildman–Crippen MR) is 145 cm³/mol. The Morgan fingerprint density at radius 1 is 1.00 bits per heavy atom. The van der Waals surface area contributed by atoms with Crippen LogP contribution in [0.1, 0.15) is 38.1 Å². The fraction of sp³-hybridized carbons (Fsp3) is 0.423. The Labute approximate surface area is 215 Å². The monoisotopic (exact) mass is 504 g/mol. The van der Waals surface area contributed by atoms with Crippen molar-refractivity contribution in [3.05, 3.63) is 48.0 Å². The molecule has 0 spiro atoms. The first-order valence-electron chi connectivity index (χ1n) is 12.4. The molecule has 0 radical (unpaired) electrons. The number of aromatic nitrogens is 5. The summed E-state index contributed by atoms with van der Waals surface area (Å²) >= 11 is 1.58. The van der Waals surface area contributed by atoms with Crippen LogP contribution in [0, 0.1) is 6.92 Å². The first-order chi connectivity index (χ1) is 17.4. The van der Waals surface area contributed by atoms with Crippen molar-refractivity contribution >= 4 is 39.1 Å². The lowest BCUT2D eigenvalue weighted by Gasteiger charge is -2.32. The molecule has 1 aliphatic heterocycles. The molecule has 0 amide bonds. The molecule has 188 valence electrons. The summed E-state index contributed by atoms with van der Waals surface area (Å²) in [5.74, 6) is 2.15. The molecule has 5 rings (SSSR count). The third kappa shape index (κ3) is 5.02. The molecule has 1 aliphatic rings. The molecule has 10 heteroatoms. The van der Waals surface area contributed by atoms with Crippen molar-refractivity contribution in [2.45, 2.75) is 39.2 Å². The van der Waals surface area contributed by atoms with Crippen molar-refractivity contribution in [3.63, 3.8) is 0 Å². The zero-order valence-electron chi connectivity index (χ0n) is 21.2. The molecule has 2 N–H and O–H groups in total. The summed E-state index contributed by atoms with van der Waals surface area (Å²) in [4.78, 5) is 27.8. The van der Waals surface area contributed by atoms with Gasteiger partial charge in [-0.05, 0) is 38.9 Å². The number of hydrogen-bond donors (Lipinski definition) is 2. The van der Waals surface area contributed by atoms with E-state index in [1.165, 1.54) is 0 Å². The maximum absolute atomic E-state index is 10.9. The van der Waals surface area contributed by atoms with Gasteiger partial charge >= 0.3 is 0 Å². The number of anilines is 3. The molecule has 1 saturated heterocycles. The standard InChI is InChI=1S/C26H32N8OS/c1-5-26(35,6-2)21-14-18(7-8-27-21)24-30-19-15-22(28-16-20(19)36-24)31-23-13-17(3)29-25(32-23)34-11-9-33(4)10-12-34/h7-8,13-16,35H,5-6,9-12H2,1-4H3,(H,28,29,31,32). The van der Waals surface area contributed by atoms with Gasteiger partial charge < -0.3 is 20.2 Å². The van der Waals surface area contributed by atoms with E-state index in [0.29, 0.717) is 24.4 Å². The highest BCUT2D eigenvalue weighted by atomic mass is 32.1. The molecular weight excluding hydrogens is 472 g/mol. The maximum atomic E-state index is 10.9. The van der Waals surface area contributed by atoms with Gasteiger partial charge in [-0.3, -0.25) is 4.98 Å². The number of nitrogens with one attached hydrogen (secondary N) is 1. The SMILES string of the molecule is CCC(O)(CC)c1cc(-c2nc3cc(Nc4cc(C)nc(N5CCN(C)CC5)n4)ncc3s2)ccn1. The molecule has 4 aromatic rings. The Balaban J connectivity index is 1.39. The van der Waals surface area contributed by atoms with Crippen molar-refractivity contribution in [1.82, 2.24) is 29.8 Å². The van der Waals surface area contributed by atoms with E-state index in [9.17, 15) is 5.11 Å². The van der Waals surface area contributed by atoms with Gasteiger partial charge in [-0.15, -0.1) is 11.3 Å². The van der Waals surface area contributed by atoms with E-state index in [4.69, 9.17) is 9.97 Å². The van der Waals surface area contributed by atoms with Gasteiger partial charge in [0.2, 0.25) is 5.95 Å². The molecule has 4 aromatic heterocycles. The third-order valence-electron chi connectivity index (χ3n) is 6.81. The van der Waals surface area contributed by atoms with E-state index in [2.05, 4.69) is 37.1 Å². The van der Waals surface area contributed by atoms with E-state index in [0.717, 1.165) is 64.4 Å². The van der Waals surface area contributed by atoms with Crippen LogP contribution in [0.25, 0.3) is 20.8 Å². The lowest BCUT2D eigenvalue weighted by molar-refractivity contribution is 0.0240. The van der Waals surface area contributed by atoms with Gasteiger partial charge in [0.1, 0.15) is 22.2 Å². The molecule has 0 aliphatic carbocycles. The third-order valence-corrected chi connectivity index (χ3v) is 7.87. The molecule has 5 heterocycles. The number of hydrogen-bond acceptors (Lipinski definition) is 10. The number of pyridine rings is 2. The van der Waals surface area contributed by atoms with Gasteiger partial charge in [-0.1, -0.05) is 13.8 Å². The van der Waals surface area contributed by atoms with Crippen molar-refractivity contribution in [2.75, 3.05) is 43.4 Å². The van der Waals surface area contributed by atoms with Crippen LogP contribution >= 0.6 is 11.3 Å². The van der Waals surface area contributed by atoms with Crippen LogP contribution in [0.3, 0.4) is 0 Å². The van der Waals surface area contributed by atoms with E-state index in [1.807, 2.05) is 51.2 Å². The second kappa shape index (κ2) is 10.0. The molecule has 36 heavy (non-hydrogen) atoms. The number of likely N-dealkylation sites (N-methyl/N-ethyl adjacent to an activating group) is 1. The van der Waals surface area contributed by atoms with Gasteiger partial charge in [-0.25, -0.2) is 15.0 Å². The van der Waals surface area contributed by atoms with Crippen LogP contribution in [0.15, 0.2) is 36.7 Å². The highest BCUT2D eigenvalue weighted by Gasteiger charge is 2.27. The van der Waals surface area contributed by atoms with Crippen LogP contribution < -0.4 is 10.2 Å². The van der Waals surface area contributed by atoms with Crippen LogP contribution in [0.5, 0.6) is 0 Å². The molecule has 9 nitrogen and oxygen atoms in total. The number of fused-ring (bicyclic) bond motifs is 1. The number of aryl methyl sites for hydroxylation is 1. The van der Waals surface area contributed by atoms with Crippen molar-refractivity contribution < 1.29 is 5.11 Å². The van der Waals surface area contributed by atoms with Gasteiger partial charge in [0.05, 0.1) is 15.9 Å². The summed E-state index contributed by atoms with van der Waals surface area (Å²) in [6, 6.07) is 7.75. The van der Waals surface area contributed by atoms with Crippen molar-refractivity contribution in [2.24, 2.45) is 0 Å². The summed E-state index contributed by atoms with van der Waals surface area (Å²) in [6.07, 6.45) is 4.80. The van der Waals surface area contributed by atoms with E-state index >= 15 is 0 Å². The number of thiazole rings is 1. The fourth-order valence-electron chi connectivity index (χ4n) is 4.35. The Morgan fingerprint density at radius 2 is 1.78 bits per heavy atom. The number of rotatable bonds is 7. The van der Waals surface area contributed by atoms with E-state index in [1.54, 1.807) is 17.5 Å². The zero-order valence-corrected chi connectivity index (χ0v) is 22.0. The maximum Gasteiger partial charge on any atom is 0.227 e. The van der Waals surface area contributed by atoms with E-state index in [-0.39, 0.29) is 0 Å². The molecule has 0 unspecified atom stereocenters. The fourth-order valence-corrected chi connectivity index (χ4v) is 5.26. The van der Waals surface area contributed by atoms with Crippen LogP contribution in [-0.4, -0.2) is 68.2 Å². The smallest absolute Gasteiger partial charge is 0.227 e. The summed E-state index contributed by atoms with van der Waals surface area (Å²) in [5, 5.41) is 15.1. The van der Waals surface area contributed by atoms with Gasteiger partial charge in [0, 0.05) is 62.0 Å². The summed E-state index contributed by atoms with van der Waals surface area (Å²) in [5.41, 5.74) is 2.46. The highest BCUT2D eigenvalue weighted by Crippen LogP contribution is 2.34. The Morgan fingerprint density at radius 3 is 2.53 bits per heavy atom. The predicted octanol–water partition coefficient (Wildman–Crippen LogP) is 4.35. The Hall–Kier alpha value is -3.21. The van der Waals surface area contributed by atoms with Crippen LogP contribution in [0.2, 0.25) is 0 Å². The van der Waals surface area contributed by atoms with Gasteiger partial charge in [0.25, 0.3) is 0 Å². The number of nitrogens with zero attached hydrogens (tertiary/aromatic N) is 7. The largest absolute Gasteiger partial charge is 0.384 e. The summed E-state index contributed by atoms with van der Waals surface area (Å²) < 4.78 is 0.993. The van der Waals surface area contributed by atoms with Crippen LogP contribution in [-0.2, 0) is 5.60 Å². The zero-order chi connectivity index (χ0) is 25.3. The molecule has 0 bridgehead atoms. The topological polar surface area (TPSA) is 103 Å². The average Bonchev–Trinajstić information content (AvgIpc) is 3.32.